The molecule has 23 heavy (non-hydrogen) atoms. The molecule has 1 heterocycles. The predicted octanol–water partition coefficient (Wildman–Crippen LogP) is 3.53. The number of benzene rings is 1. The molecule has 4 aliphatic carbocycles. The van der Waals surface area contributed by atoms with Crippen LogP contribution in [0.5, 0.6) is 11.5 Å². The summed E-state index contributed by atoms with van der Waals surface area (Å²) in [6, 6.07) is 6.43. The normalized spacial score (nSPS) is 36.1. The molecule has 4 nitrogen and oxygen atoms in total. The molecule has 1 aliphatic heterocycles. The lowest BCUT2D eigenvalue weighted by Gasteiger charge is -2.54. The van der Waals surface area contributed by atoms with E-state index in [-0.39, 0.29) is 0 Å². The monoisotopic (exact) mass is 330 g/mol. The van der Waals surface area contributed by atoms with Crippen molar-refractivity contribution in [2.24, 2.45) is 23.7 Å². The second-order valence-corrected chi connectivity index (χ2v) is 8.03. The quantitative estimate of drug-likeness (QED) is 0.812. The summed E-state index contributed by atoms with van der Waals surface area (Å²) in [6.07, 6.45) is 7.09. The van der Waals surface area contributed by atoms with E-state index in [1.807, 2.05) is 18.2 Å². The van der Waals surface area contributed by atoms with E-state index >= 15 is 0 Å². The highest BCUT2D eigenvalue weighted by atomic mass is 32.1. The van der Waals surface area contributed by atoms with Gasteiger partial charge in [0.2, 0.25) is 6.79 Å². The van der Waals surface area contributed by atoms with E-state index in [9.17, 15) is 0 Å². The minimum absolute atomic E-state index is 0.301. The Labute approximate surface area is 141 Å². The first kappa shape index (κ1) is 13.9. The number of anilines is 1. The molecule has 1 aromatic rings. The van der Waals surface area contributed by atoms with Crippen molar-refractivity contribution < 1.29 is 9.47 Å². The third-order valence-electron chi connectivity index (χ3n) is 6.15. The number of fused-ring (bicyclic) bond motifs is 1. The Hall–Kier alpha value is -1.49. The zero-order chi connectivity index (χ0) is 15.4. The van der Waals surface area contributed by atoms with E-state index in [0.29, 0.717) is 12.8 Å². The highest BCUT2D eigenvalue weighted by molar-refractivity contribution is 7.80. The van der Waals surface area contributed by atoms with Crippen molar-refractivity contribution in [1.82, 2.24) is 5.32 Å². The van der Waals surface area contributed by atoms with Crippen LogP contribution in [0.1, 0.15) is 32.1 Å². The number of ether oxygens (including phenoxy) is 2. The molecular weight excluding hydrogens is 308 g/mol. The van der Waals surface area contributed by atoms with Gasteiger partial charge in [-0.1, -0.05) is 0 Å². The van der Waals surface area contributed by atoms with Gasteiger partial charge in [-0.05, 0) is 80.1 Å². The first-order chi connectivity index (χ1) is 11.2. The number of hydrogen-bond acceptors (Lipinski definition) is 3. The molecule has 6 rings (SSSR count). The van der Waals surface area contributed by atoms with Gasteiger partial charge in [-0.3, -0.25) is 0 Å². The molecule has 0 aromatic heterocycles. The SMILES string of the molecule is S=C(Nc1ccc2c(c1)OCO2)NC1C2CC3CC(C2)CC1C3. The molecule has 0 unspecified atom stereocenters. The fourth-order valence-corrected chi connectivity index (χ4v) is 5.71. The molecule has 0 amide bonds. The summed E-state index contributed by atoms with van der Waals surface area (Å²) in [6.45, 7) is 0.301. The van der Waals surface area contributed by atoms with Gasteiger partial charge in [0.15, 0.2) is 16.6 Å². The first-order valence-corrected chi connectivity index (χ1v) is 9.12. The van der Waals surface area contributed by atoms with Crippen LogP contribution >= 0.6 is 12.2 Å². The zero-order valence-corrected chi connectivity index (χ0v) is 13.9. The molecule has 5 aliphatic rings. The molecule has 1 aromatic carbocycles. The van der Waals surface area contributed by atoms with Gasteiger partial charge in [0.1, 0.15) is 0 Å². The minimum Gasteiger partial charge on any atom is -0.454 e. The smallest absolute Gasteiger partial charge is 0.231 e. The Balaban J connectivity index is 1.25. The molecule has 0 radical (unpaired) electrons. The maximum atomic E-state index is 5.57. The Morgan fingerprint density at radius 3 is 2.39 bits per heavy atom. The van der Waals surface area contributed by atoms with Crippen LogP contribution in [0.15, 0.2) is 18.2 Å². The van der Waals surface area contributed by atoms with Gasteiger partial charge >= 0.3 is 0 Å². The third-order valence-corrected chi connectivity index (χ3v) is 6.37. The fraction of sp³-hybridized carbons (Fsp3) is 0.611. The summed E-state index contributed by atoms with van der Waals surface area (Å²) in [5, 5.41) is 7.68. The van der Waals surface area contributed by atoms with Crippen molar-refractivity contribution >= 4 is 23.0 Å². The molecule has 122 valence electrons. The van der Waals surface area contributed by atoms with Crippen molar-refractivity contribution in [3.63, 3.8) is 0 Å². The molecule has 4 fully saturated rings. The summed E-state index contributed by atoms with van der Waals surface area (Å²) in [5.41, 5.74) is 0.954. The molecular formula is C18H22N2O2S. The van der Waals surface area contributed by atoms with Crippen LogP contribution in [0.3, 0.4) is 0 Å². The Kier molecular flexibility index (Phi) is 3.18. The Morgan fingerprint density at radius 1 is 0.957 bits per heavy atom. The Morgan fingerprint density at radius 2 is 1.65 bits per heavy atom. The van der Waals surface area contributed by atoms with Crippen LogP contribution in [0.4, 0.5) is 5.69 Å². The summed E-state index contributed by atoms with van der Waals surface area (Å²) in [4.78, 5) is 0. The number of hydrogen-bond donors (Lipinski definition) is 2. The molecule has 2 N–H and O–H groups in total. The van der Waals surface area contributed by atoms with Gasteiger partial charge in [0, 0.05) is 17.8 Å². The Bertz CT molecular complexity index is 620. The van der Waals surface area contributed by atoms with Crippen molar-refractivity contribution in [2.45, 2.75) is 38.1 Å². The minimum atomic E-state index is 0.301. The summed E-state index contributed by atoms with van der Waals surface area (Å²) in [5.74, 6) is 5.21. The van der Waals surface area contributed by atoms with Gasteiger partial charge in [0.05, 0.1) is 0 Å². The van der Waals surface area contributed by atoms with Crippen molar-refractivity contribution in [3.8, 4) is 11.5 Å². The van der Waals surface area contributed by atoms with Crippen LogP contribution in [-0.2, 0) is 0 Å². The number of nitrogens with one attached hydrogen (secondary N) is 2. The van der Waals surface area contributed by atoms with Crippen LogP contribution in [-0.4, -0.2) is 17.9 Å². The zero-order valence-electron chi connectivity index (χ0n) is 13.1. The topological polar surface area (TPSA) is 42.5 Å². The average Bonchev–Trinajstić information content (AvgIpc) is 2.98. The van der Waals surface area contributed by atoms with Gasteiger partial charge in [-0.25, -0.2) is 0 Å². The molecule has 0 spiro atoms. The molecule has 4 bridgehead atoms. The van der Waals surface area contributed by atoms with Crippen LogP contribution in [0, 0.1) is 23.7 Å². The molecule has 0 saturated heterocycles. The van der Waals surface area contributed by atoms with E-state index in [0.717, 1.165) is 46.0 Å². The van der Waals surface area contributed by atoms with Crippen molar-refractivity contribution in [1.29, 1.82) is 0 Å². The first-order valence-electron chi connectivity index (χ1n) is 8.72. The van der Waals surface area contributed by atoms with Crippen molar-refractivity contribution in [2.75, 3.05) is 12.1 Å². The summed E-state index contributed by atoms with van der Waals surface area (Å²) >= 11 is 5.57. The molecule has 5 heteroatoms. The predicted molar refractivity (Wildman–Crippen MR) is 92.8 cm³/mol. The van der Waals surface area contributed by atoms with Crippen LogP contribution in [0.2, 0.25) is 0 Å². The lowest BCUT2D eigenvalue weighted by Crippen LogP contribution is -2.56. The largest absolute Gasteiger partial charge is 0.454 e. The van der Waals surface area contributed by atoms with Gasteiger partial charge in [-0.2, -0.15) is 0 Å². The highest BCUT2D eigenvalue weighted by Gasteiger charge is 2.48. The van der Waals surface area contributed by atoms with E-state index < -0.39 is 0 Å². The fourth-order valence-electron chi connectivity index (χ4n) is 5.45. The number of thiocarbonyl (C=S) groups is 1. The molecule has 4 saturated carbocycles. The van der Waals surface area contributed by atoms with Crippen molar-refractivity contribution in [3.05, 3.63) is 18.2 Å². The highest BCUT2D eigenvalue weighted by Crippen LogP contribution is 2.53. The molecule has 0 atom stereocenters. The summed E-state index contributed by atoms with van der Waals surface area (Å²) in [7, 11) is 0. The second kappa shape index (κ2) is 5.26. The van der Waals surface area contributed by atoms with Gasteiger partial charge < -0.3 is 20.1 Å². The van der Waals surface area contributed by atoms with Crippen LogP contribution in [0.25, 0.3) is 0 Å². The maximum absolute atomic E-state index is 5.57. The lowest BCUT2D eigenvalue weighted by molar-refractivity contribution is -0.00665. The van der Waals surface area contributed by atoms with Gasteiger partial charge in [0.25, 0.3) is 0 Å². The summed E-state index contributed by atoms with van der Waals surface area (Å²) < 4.78 is 10.8. The standard InChI is InChI=1S/C18H22N2O2S/c23-18(19-14-1-2-15-16(8-14)22-9-21-15)20-17-12-4-10-3-11(6-12)7-13(17)5-10/h1-2,8,10-13,17H,3-7,9H2,(H2,19,20,23). The number of rotatable bonds is 2. The van der Waals surface area contributed by atoms with E-state index in [2.05, 4.69) is 10.6 Å². The van der Waals surface area contributed by atoms with E-state index in [4.69, 9.17) is 21.7 Å². The second-order valence-electron chi connectivity index (χ2n) is 7.62. The van der Waals surface area contributed by atoms with E-state index in [1.54, 1.807) is 0 Å². The third kappa shape index (κ3) is 2.45. The average molecular weight is 330 g/mol. The van der Waals surface area contributed by atoms with Crippen LogP contribution < -0.4 is 20.1 Å². The van der Waals surface area contributed by atoms with Gasteiger partial charge in [-0.15, -0.1) is 0 Å². The van der Waals surface area contributed by atoms with E-state index in [1.165, 1.54) is 32.1 Å². The maximum Gasteiger partial charge on any atom is 0.231 e. The lowest BCUT2D eigenvalue weighted by atomic mass is 9.54.